The fourth-order valence-electron chi connectivity index (χ4n) is 3.09. The highest BCUT2D eigenvalue weighted by atomic mass is 32.2. The molecule has 1 aromatic rings. The number of hydrogen-bond acceptors (Lipinski definition) is 4. The summed E-state index contributed by atoms with van der Waals surface area (Å²) in [5.74, 6) is -0.190. The lowest BCUT2D eigenvalue weighted by atomic mass is 9.74. The van der Waals surface area contributed by atoms with Crippen molar-refractivity contribution in [3.8, 4) is 0 Å². The van der Waals surface area contributed by atoms with Gasteiger partial charge in [0.1, 0.15) is 0 Å². The average molecular weight is 353 g/mol. The number of carbonyl (C=O) groups is 1. The lowest BCUT2D eigenvalue weighted by Gasteiger charge is -2.37. The Hall–Kier alpha value is -1.44. The van der Waals surface area contributed by atoms with Gasteiger partial charge in [0.2, 0.25) is 15.9 Å². The van der Waals surface area contributed by atoms with Crippen LogP contribution in [-0.4, -0.2) is 38.3 Å². The van der Waals surface area contributed by atoms with E-state index in [0.29, 0.717) is 6.54 Å². The zero-order chi connectivity index (χ0) is 18.0. The van der Waals surface area contributed by atoms with Crippen LogP contribution in [0.1, 0.15) is 38.2 Å². The highest BCUT2D eigenvalue weighted by molar-refractivity contribution is 7.89. The van der Waals surface area contributed by atoms with Crippen molar-refractivity contribution >= 4 is 15.9 Å². The first-order chi connectivity index (χ1) is 11.1. The molecule has 2 unspecified atom stereocenters. The summed E-state index contributed by atoms with van der Waals surface area (Å²) in [4.78, 5) is 12.6. The van der Waals surface area contributed by atoms with Gasteiger partial charge in [-0.2, -0.15) is 0 Å². The normalized spacial score (nSPS) is 24.8. The first-order valence-corrected chi connectivity index (χ1v) is 9.66. The molecule has 0 aromatic heterocycles. The van der Waals surface area contributed by atoms with Crippen molar-refractivity contribution in [3.05, 3.63) is 29.8 Å². The van der Waals surface area contributed by atoms with Gasteiger partial charge in [0.05, 0.1) is 10.8 Å². The standard InChI is InChI=1S/C17H27N3O3S/c1-17(18)11-5-4-6-15(17)16(21)19-12-13-7-9-14(10-8-13)24(22,23)20(2)3/h7-10,15H,4-6,11-12,18H2,1-3H3,(H,19,21). The topological polar surface area (TPSA) is 92.5 Å². The van der Waals surface area contributed by atoms with Gasteiger partial charge in [-0.05, 0) is 37.5 Å². The summed E-state index contributed by atoms with van der Waals surface area (Å²) in [5.41, 5.74) is 6.66. The molecule has 24 heavy (non-hydrogen) atoms. The summed E-state index contributed by atoms with van der Waals surface area (Å²) in [5, 5.41) is 2.93. The van der Waals surface area contributed by atoms with Crippen molar-refractivity contribution in [2.45, 2.75) is 49.6 Å². The van der Waals surface area contributed by atoms with Crippen LogP contribution < -0.4 is 11.1 Å². The molecular formula is C17H27N3O3S. The summed E-state index contributed by atoms with van der Waals surface area (Å²) in [6.45, 7) is 2.31. The molecule has 1 saturated carbocycles. The number of amides is 1. The number of hydrogen-bond donors (Lipinski definition) is 2. The van der Waals surface area contributed by atoms with Gasteiger partial charge < -0.3 is 11.1 Å². The smallest absolute Gasteiger partial charge is 0.242 e. The van der Waals surface area contributed by atoms with E-state index in [4.69, 9.17) is 5.73 Å². The van der Waals surface area contributed by atoms with Gasteiger partial charge >= 0.3 is 0 Å². The monoisotopic (exact) mass is 353 g/mol. The van der Waals surface area contributed by atoms with Crippen molar-refractivity contribution in [1.82, 2.24) is 9.62 Å². The van der Waals surface area contributed by atoms with Crippen LogP contribution in [0.4, 0.5) is 0 Å². The molecule has 0 saturated heterocycles. The third-order valence-corrected chi connectivity index (χ3v) is 6.57. The third kappa shape index (κ3) is 4.15. The third-order valence-electron chi connectivity index (χ3n) is 4.74. The number of carbonyl (C=O) groups excluding carboxylic acids is 1. The number of rotatable bonds is 5. The summed E-state index contributed by atoms with van der Waals surface area (Å²) < 4.78 is 25.2. The Morgan fingerprint density at radius 1 is 1.29 bits per heavy atom. The fraction of sp³-hybridized carbons (Fsp3) is 0.588. The lowest BCUT2D eigenvalue weighted by molar-refractivity contribution is -0.128. The highest BCUT2D eigenvalue weighted by Crippen LogP contribution is 2.31. The molecule has 1 aliphatic rings. The van der Waals surface area contributed by atoms with Gasteiger partial charge in [-0.15, -0.1) is 0 Å². The fourth-order valence-corrected chi connectivity index (χ4v) is 3.99. The number of nitrogens with zero attached hydrogens (tertiary/aromatic N) is 1. The van der Waals surface area contributed by atoms with E-state index in [1.54, 1.807) is 24.3 Å². The molecule has 2 rings (SSSR count). The molecule has 134 valence electrons. The molecule has 1 aliphatic carbocycles. The lowest BCUT2D eigenvalue weighted by Crippen LogP contribution is -2.52. The molecule has 2 atom stereocenters. The minimum absolute atomic E-state index is 0.0234. The molecule has 1 amide bonds. The first-order valence-electron chi connectivity index (χ1n) is 8.22. The van der Waals surface area contributed by atoms with Crippen LogP contribution >= 0.6 is 0 Å². The second-order valence-corrected chi connectivity index (χ2v) is 9.11. The minimum atomic E-state index is -3.43. The average Bonchev–Trinajstić information content (AvgIpc) is 2.52. The number of nitrogens with two attached hydrogens (primary N) is 1. The molecule has 0 bridgehead atoms. The number of nitrogens with one attached hydrogen (secondary N) is 1. The molecular weight excluding hydrogens is 326 g/mol. The van der Waals surface area contributed by atoms with Crippen LogP contribution in [0.25, 0.3) is 0 Å². The Kier molecular flexibility index (Phi) is 5.67. The van der Waals surface area contributed by atoms with E-state index in [0.717, 1.165) is 31.2 Å². The van der Waals surface area contributed by atoms with E-state index in [-0.39, 0.29) is 16.7 Å². The van der Waals surface area contributed by atoms with Crippen LogP contribution in [0.2, 0.25) is 0 Å². The van der Waals surface area contributed by atoms with E-state index in [2.05, 4.69) is 5.32 Å². The van der Waals surface area contributed by atoms with Gasteiger partial charge in [0, 0.05) is 26.2 Å². The maximum Gasteiger partial charge on any atom is 0.242 e. The van der Waals surface area contributed by atoms with Crippen molar-refractivity contribution in [2.24, 2.45) is 11.7 Å². The second-order valence-electron chi connectivity index (χ2n) is 6.95. The first kappa shape index (κ1) is 18.9. The molecule has 0 spiro atoms. The SMILES string of the molecule is CN(C)S(=O)(=O)c1ccc(CNC(=O)C2CCCCC2(C)N)cc1. The summed E-state index contributed by atoms with van der Waals surface area (Å²) in [6.07, 6.45) is 3.78. The molecule has 0 radical (unpaired) electrons. The highest BCUT2D eigenvalue weighted by Gasteiger charge is 2.37. The van der Waals surface area contributed by atoms with Gasteiger partial charge in [-0.3, -0.25) is 4.79 Å². The Morgan fingerprint density at radius 3 is 2.46 bits per heavy atom. The van der Waals surface area contributed by atoms with Gasteiger partial charge in [-0.1, -0.05) is 25.0 Å². The largest absolute Gasteiger partial charge is 0.352 e. The second kappa shape index (κ2) is 7.21. The quantitative estimate of drug-likeness (QED) is 0.838. The van der Waals surface area contributed by atoms with Crippen LogP contribution in [-0.2, 0) is 21.4 Å². The van der Waals surface area contributed by atoms with Gasteiger partial charge in [0.25, 0.3) is 0 Å². The summed E-state index contributed by atoms with van der Waals surface area (Å²) in [6, 6.07) is 6.56. The van der Waals surface area contributed by atoms with E-state index < -0.39 is 15.6 Å². The van der Waals surface area contributed by atoms with E-state index in [9.17, 15) is 13.2 Å². The van der Waals surface area contributed by atoms with Crippen molar-refractivity contribution < 1.29 is 13.2 Å². The molecule has 0 aliphatic heterocycles. The summed E-state index contributed by atoms with van der Waals surface area (Å²) in [7, 11) is -0.433. The van der Waals surface area contributed by atoms with Gasteiger partial charge in [-0.25, -0.2) is 12.7 Å². The summed E-state index contributed by atoms with van der Waals surface area (Å²) >= 11 is 0. The number of benzene rings is 1. The zero-order valence-corrected chi connectivity index (χ0v) is 15.4. The minimum Gasteiger partial charge on any atom is -0.352 e. The van der Waals surface area contributed by atoms with E-state index >= 15 is 0 Å². The molecule has 3 N–H and O–H groups in total. The van der Waals surface area contributed by atoms with Crippen molar-refractivity contribution in [1.29, 1.82) is 0 Å². The van der Waals surface area contributed by atoms with Gasteiger partial charge in [0.15, 0.2) is 0 Å². The van der Waals surface area contributed by atoms with E-state index in [1.165, 1.54) is 18.4 Å². The van der Waals surface area contributed by atoms with Crippen molar-refractivity contribution in [3.63, 3.8) is 0 Å². The zero-order valence-electron chi connectivity index (χ0n) is 14.6. The van der Waals surface area contributed by atoms with Crippen LogP contribution in [0.5, 0.6) is 0 Å². The Morgan fingerprint density at radius 2 is 1.92 bits per heavy atom. The Labute approximate surface area is 144 Å². The van der Waals surface area contributed by atoms with Crippen LogP contribution in [0.3, 0.4) is 0 Å². The molecule has 1 aromatic carbocycles. The van der Waals surface area contributed by atoms with Crippen molar-refractivity contribution in [2.75, 3.05) is 14.1 Å². The molecule has 6 nitrogen and oxygen atoms in total. The predicted octanol–water partition coefficient (Wildman–Crippen LogP) is 1.46. The maximum atomic E-state index is 12.4. The van der Waals surface area contributed by atoms with Crippen LogP contribution in [0.15, 0.2) is 29.2 Å². The Bertz CT molecular complexity index is 682. The predicted molar refractivity (Wildman–Crippen MR) is 93.7 cm³/mol. The Balaban J connectivity index is 1.99. The van der Waals surface area contributed by atoms with Crippen LogP contribution in [0, 0.1) is 5.92 Å². The molecule has 7 heteroatoms. The maximum absolute atomic E-state index is 12.4. The number of sulfonamides is 1. The molecule has 0 heterocycles. The van der Waals surface area contributed by atoms with E-state index in [1.807, 2.05) is 6.92 Å². The molecule has 1 fully saturated rings.